The van der Waals surface area contributed by atoms with Crippen LogP contribution in [0.1, 0.15) is 41.5 Å². The van der Waals surface area contributed by atoms with E-state index in [1.165, 1.54) is 0 Å². The maximum Gasteiger partial charge on any atom is 0.123 e. The summed E-state index contributed by atoms with van der Waals surface area (Å²) < 4.78 is 5.71. The molecule has 0 saturated heterocycles. The van der Waals surface area contributed by atoms with Gasteiger partial charge in [0.05, 0.1) is 6.10 Å². The number of hydrogen-bond acceptors (Lipinski definition) is 4. The first-order valence-electron chi connectivity index (χ1n) is 7.86. The molecule has 4 heteroatoms. The van der Waals surface area contributed by atoms with E-state index in [4.69, 9.17) is 10.5 Å². The van der Waals surface area contributed by atoms with Crippen molar-refractivity contribution in [2.45, 2.75) is 59.7 Å². The number of nitrogens with one attached hydrogen (secondary N) is 1. The molecule has 0 unspecified atom stereocenters. The van der Waals surface area contributed by atoms with Crippen LogP contribution < -0.4 is 15.8 Å². The Morgan fingerprint density at radius 1 is 1.05 bits per heavy atom. The normalized spacial score (nSPS) is 11.7. The first kappa shape index (κ1) is 17.6. The van der Waals surface area contributed by atoms with Gasteiger partial charge in [-0.15, -0.1) is 0 Å². The molecule has 21 heavy (non-hydrogen) atoms. The molecule has 0 aromatic heterocycles. The molecule has 0 fully saturated rings. The van der Waals surface area contributed by atoms with Crippen LogP contribution in [0, 0.1) is 0 Å². The lowest BCUT2D eigenvalue weighted by molar-refractivity contribution is 0.182. The Labute approximate surface area is 129 Å². The van der Waals surface area contributed by atoms with E-state index >= 15 is 0 Å². The molecule has 0 radical (unpaired) electrons. The zero-order valence-electron chi connectivity index (χ0n) is 14.3. The van der Waals surface area contributed by atoms with E-state index in [1.807, 2.05) is 32.0 Å². The van der Waals surface area contributed by atoms with Gasteiger partial charge in [0.2, 0.25) is 0 Å². The summed E-state index contributed by atoms with van der Waals surface area (Å²) in [6.45, 7) is 14.8. The Morgan fingerprint density at radius 2 is 1.67 bits per heavy atom. The second-order valence-electron chi connectivity index (χ2n) is 6.31. The summed E-state index contributed by atoms with van der Waals surface area (Å²) in [6, 6.07) is 6.91. The van der Waals surface area contributed by atoms with Crippen molar-refractivity contribution in [1.29, 1.82) is 0 Å². The summed E-state index contributed by atoms with van der Waals surface area (Å²) in [5.41, 5.74) is 7.67. The first-order chi connectivity index (χ1) is 9.79. The molecule has 120 valence electrons. The van der Waals surface area contributed by atoms with Gasteiger partial charge in [0, 0.05) is 48.7 Å². The fraction of sp³-hybridized carbons (Fsp3) is 0.647. The Hall–Kier alpha value is -1.42. The first-order valence-corrected chi connectivity index (χ1v) is 7.86. The van der Waals surface area contributed by atoms with Gasteiger partial charge >= 0.3 is 0 Å². The number of nitrogen functional groups attached to an aromatic ring is 1. The minimum Gasteiger partial charge on any atom is -0.491 e. The summed E-state index contributed by atoms with van der Waals surface area (Å²) in [4.78, 5) is 2.46. The van der Waals surface area contributed by atoms with Crippen LogP contribution in [0.5, 0.6) is 5.75 Å². The van der Waals surface area contributed by atoms with E-state index in [2.05, 4.69) is 37.9 Å². The van der Waals surface area contributed by atoms with Gasteiger partial charge < -0.3 is 15.8 Å². The van der Waals surface area contributed by atoms with E-state index in [9.17, 15) is 0 Å². The van der Waals surface area contributed by atoms with Crippen LogP contribution >= 0.6 is 0 Å². The van der Waals surface area contributed by atoms with Gasteiger partial charge in [-0.3, -0.25) is 4.90 Å². The molecule has 4 nitrogen and oxygen atoms in total. The van der Waals surface area contributed by atoms with Crippen molar-refractivity contribution in [1.82, 2.24) is 4.90 Å². The SMILES string of the molecule is CC(C)Oc1cc(N)cc(NCCN(C(C)C)C(C)C)c1. The van der Waals surface area contributed by atoms with Crippen LogP contribution in [0.2, 0.25) is 0 Å². The van der Waals surface area contributed by atoms with Crippen molar-refractivity contribution in [3.63, 3.8) is 0 Å². The number of benzene rings is 1. The largest absolute Gasteiger partial charge is 0.491 e. The molecule has 0 saturated carbocycles. The maximum atomic E-state index is 5.93. The molecule has 0 heterocycles. The third kappa shape index (κ3) is 6.25. The topological polar surface area (TPSA) is 50.5 Å². The van der Waals surface area contributed by atoms with Crippen LogP contribution in [-0.4, -0.2) is 36.2 Å². The van der Waals surface area contributed by atoms with Crippen molar-refractivity contribution in [2.75, 3.05) is 24.1 Å². The molecule has 0 aliphatic carbocycles. The Bertz CT molecular complexity index is 422. The third-order valence-corrected chi connectivity index (χ3v) is 3.33. The van der Waals surface area contributed by atoms with Crippen molar-refractivity contribution >= 4 is 11.4 Å². The average molecular weight is 293 g/mol. The monoisotopic (exact) mass is 293 g/mol. The van der Waals surface area contributed by atoms with Gasteiger partial charge in [-0.2, -0.15) is 0 Å². The molecular weight excluding hydrogens is 262 g/mol. The Kier molecular flexibility index (Phi) is 6.82. The van der Waals surface area contributed by atoms with Gasteiger partial charge in [-0.25, -0.2) is 0 Å². The van der Waals surface area contributed by atoms with Crippen LogP contribution in [0.25, 0.3) is 0 Å². The minimum atomic E-state index is 0.150. The summed E-state index contributed by atoms with van der Waals surface area (Å²) >= 11 is 0. The summed E-state index contributed by atoms with van der Waals surface area (Å²) in [5, 5.41) is 3.44. The van der Waals surface area contributed by atoms with Gasteiger partial charge in [0.25, 0.3) is 0 Å². The van der Waals surface area contributed by atoms with Crippen molar-refractivity contribution in [3.8, 4) is 5.75 Å². The Morgan fingerprint density at radius 3 is 2.19 bits per heavy atom. The highest BCUT2D eigenvalue weighted by atomic mass is 16.5. The fourth-order valence-electron chi connectivity index (χ4n) is 2.51. The number of ether oxygens (including phenoxy) is 1. The smallest absolute Gasteiger partial charge is 0.123 e. The highest BCUT2D eigenvalue weighted by Crippen LogP contribution is 2.23. The van der Waals surface area contributed by atoms with Gasteiger partial charge in [-0.05, 0) is 47.6 Å². The number of anilines is 2. The summed E-state index contributed by atoms with van der Waals surface area (Å²) in [6.07, 6.45) is 0.150. The lowest BCUT2D eigenvalue weighted by Crippen LogP contribution is -2.40. The molecule has 0 bridgehead atoms. The van der Waals surface area contributed by atoms with Gasteiger partial charge in [0.15, 0.2) is 0 Å². The van der Waals surface area contributed by atoms with Gasteiger partial charge in [0.1, 0.15) is 5.75 Å². The molecular formula is C17H31N3O. The standard InChI is InChI=1S/C17H31N3O/c1-12(2)20(13(3)4)8-7-19-16-9-15(18)10-17(11-16)21-14(5)6/h9-14,19H,7-8,18H2,1-6H3. The van der Waals surface area contributed by atoms with Crippen LogP contribution in [0.4, 0.5) is 11.4 Å². The lowest BCUT2D eigenvalue weighted by Gasteiger charge is -2.30. The summed E-state index contributed by atoms with van der Waals surface area (Å²) in [7, 11) is 0. The quantitative estimate of drug-likeness (QED) is 0.719. The minimum absolute atomic E-state index is 0.150. The zero-order valence-corrected chi connectivity index (χ0v) is 14.3. The van der Waals surface area contributed by atoms with Crippen molar-refractivity contribution in [2.24, 2.45) is 0 Å². The molecule has 0 aliphatic rings. The molecule has 0 aliphatic heterocycles. The van der Waals surface area contributed by atoms with Crippen LogP contribution in [0.15, 0.2) is 18.2 Å². The van der Waals surface area contributed by atoms with Crippen LogP contribution in [-0.2, 0) is 0 Å². The average Bonchev–Trinajstić information content (AvgIpc) is 2.31. The van der Waals surface area contributed by atoms with Crippen LogP contribution in [0.3, 0.4) is 0 Å². The van der Waals surface area contributed by atoms with Gasteiger partial charge in [-0.1, -0.05) is 0 Å². The highest BCUT2D eigenvalue weighted by Gasteiger charge is 2.12. The number of nitrogens with two attached hydrogens (primary N) is 1. The fourth-order valence-corrected chi connectivity index (χ4v) is 2.51. The van der Waals surface area contributed by atoms with Crippen molar-refractivity contribution < 1.29 is 4.74 Å². The van der Waals surface area contributed by atoms with E-state index in [1.54, 1.807) is 0 Å². The molecule has 0 spiro atoms. The zero-order chi connectivity index (χ0) is 16.0. The van der Waals surface area contributed by atoms with E-state index in [-0.39, 0.29) is 6.10 Å². The molecule has 3 N–H and O–H groups in total. The molecule has 0 atom stereocenters. The lowest BCUT2D eigenvalue weighted by atomic mass is 10.2. The number of rotatable bonds is 8. The number of hydrogen-bond donors (Lipinski definition) is 2. The molecule has 0 amide bonds. The van der Waals surface area contributed by atoms with E-state index < -0.39 is 0 Å². The Balaban J connectivity index is 2.60. The second-order valence-corrected chi connectivity index (χ2v) is 6.31. The van der Waals surface area contributed by atoms with E-state index in [0.29, 0.717) is 12.1 Å². The summed E-state index contributed by atoms with van der Waals surface area (Å²) in [5.74, 6) is 0.817. The second kappa shape index (κ2) is 8.13. The predicted molar refractivity (Wildman–Crippen MR) is 92.1 cm³/mol. The molecule has 1 aromatic carbocycles. The third-order valence-electron chi connectivity index (χ3n) is 3.33. The molecule has 1 rings (SSSR count). The predicted octanol–water partition coefficient (Wildman–Crippen LogP) is 3.59. The van der Waals surface area contributed by atoms with Crippen molar-refractivity contribution in [3.05, 3.63) is 18.2 Å². The van der Waals surface area contributed by atoms with E-state index in [0.717, 1.165) is 30.2 Å². The highest BCUT2D eigenvalue weighted by molar-refractivity contribution is 5.59. The number of nitrogens with zero attached hydrogens (tertiary/aromatic N) is 1. The maximum absolute atomic E-state index is 5.93. The molecule has 1 aromatic rings.